The largest absolute Gasteiger partial charge is 0.481 e. The summed E-state index contributed by atoms with van der Waals surface area (Å²) >= 11 is 0. The van der Waals surface area contributed by atoms with Crippen LogP contribution >= 0.6 is 0 Å². The Labute approximate surface area is 126 Å². The summed E-state index contributed by atoms with van der Waals surface area (Å²) < 4.78 is 5.41. The molecule has 0 bridgehead atoms. The zero-order chi connectivity index (χ0) is 16.8. The van der Waals surface area contributed by atoms with Crippen LogP contribution in [0.2, 0.25) is 0 Å². The number of carboxylic acid groups (broad SMARTS) is 1. The Bertz CT molecular complexity index is 422. The molecule has 0 aromatic carbocycles. The van der Waals surface area contributed by atoms with E-state index in [0.717, 1.165) is 0 Å². The molecule has 0 aliphatic heterocycles. The van der Waals surface area contributed by atoms with Crippen molar-refractivity contribution in [3.05, 3.63) is 12.2 Å². The molecule has 0 aliphatic rings. The Morgan fingerprint density at radius 3 is 2.19 bits per heavy atom. The zero-order valence-electron chi connectivity index (χ0n) is 13.6. The second-order valence-electron chi connectivity index (χ2n) is 6.20. The Morgan fingerprint density at radius 2 is 1.81 bits per heavy atom. The number of Topliss-reactive ketones (excluding diaryl/α,β-unsaturated/α-hetero) is 1. The monoisotopic (exact) mass is 298 g/mol. The molecule has 5 heteroatoms. The van der Waals surface area contributed by atoms with Gasteiger partial charge in [0.15, 0.2) is 0 Å². The molecule has 0 aliphatic carbocycles. The summed E-state index contributed by atoms with van der Waals surface area (Å²) in [6, 6.07) is 0. The molecule has 1 N–H and O–H groups in total. The molecule has 0 heterocycles. The van der Waals surface area contributed by atoms with Gasteiger partial charge in [0.2, 0.25) is 0 Å². The molecule has 0 spiro atoms. The van der Waals surface area contributed by atoms with Crippen LogP contribution < -0.4 is 0 Å². The number of ether oxygens (including phenoxy) is 1. The van der Waals surface area contributed by atoms with Crippen LogP contribution in [0.5, 0.6) is 0 Å². The third-order valence-corrected chi connectivity index (χ3v) is 3.80. The van der Waals surface area contributed by atoms with Crippen LogP contribution in [0.4, 0.5) is 0 Å². The minimum Gasteiger partial charge on any atom is -0.481 e. The van der Waals surface area contributed by atoms with Crippen LogP contribution in [0.3, 0.4) is 0 Å². The normalized spacial score (nSPS) is 14.1. The van der Waals surface area contributed by atoms with E-state index in [1.54, 1.807) is 6.92 Å². The van der Waals surface area contributed by atoms with Gasteiger partial charge in [-0.1, -0.05) is 34.3 Å². The van der Waals surface area contributed by atoms with E-state index in [1.165, 1.54) is 0 Å². The third-order valence-electron chi connectivity index (χ3n) is 3.80. The van der Waals surface area contributed by atoms with Crippen molar-refractivity contribution in [2.45, 2.75) is 60.0 Å². The lowest BCUT2D eigenvalue weighted by atomic mass is 9.72. The summed E-state index contributed by atoms with van der Waals surface area (Å²) in [5.74, 6) is -1.96. The molecular weight excluding hydrogens is 272 g/mol. The van der Waals surface area contributed by atoms with Crippen molar-refractivity contribution < 1.29 is 24.2 Å². The molecule has 0 aromatic rings. The fraction of sp³-hybridized carbons (Fsp3) is 0.688. The van der Waals surface area contributed by atoms with E-state index >= 15 is 0 Å². The number of rotatable bonds is 9. The van der Waals surface area contributed by atoms with E-state index in [-0.39, 0.29) is 24.2 Å². The number of carbonyl (C=O) groups is 3. The van der Waals surface area contributed by atoms with E-state index in [2.05, 4.69) is 6.58 Å². The maximum Gasteiger partial charge on any atom is 0.333 e. The van der Waals surface area contributed by atoms with Crippen LogP contribution in [0.1, 0.15) is 53.9 Å². The SMILES string of the molecule is C=C(C)C(=O)OC(CC)C(C)C(C)(C)CC(=O)CC(=O)O. The number of aliphatic carboxylic acids is 1. The summed E-state index contributed by atoms with van der Waals surface area (Å²) in [6.07, 6.45) is -0.0431. The van der Waals surface area contributed by atoms with E-state index in [9.17, 15) is 14.4 Å². The second-order valence-corrected chi connectivity index (χ2v) is 6.20. The van der Waals surface area contributed by atoms with Crippen LogP contribution in [0.25, 0.3) is 0 Å². The number of esters is 1. The molecule has 2 unspecified atom stereocenters. The topological polar surface area (TPSA) is 80.7 Å². The highest BCUT2D eigenvalue weighted by atomic mass is 16.5. The van der Waals surface area contributed by atoms with Crippen molar-refractivity contribution in [3.8, 4) is 0 Å². The van der Waals surface area contributed by atoms with E-state index in [4.69, 9.17) is 9.84 Å². The van der Waals surface area contributed by atoms with Crippen molar-refractivity contribution in [2.24, 2.45) is 11.3 Å². The highest BCUT2D eigenvalue weighted by Gasteiger charge is 2.35. The zero-order valence-corrected chi connectivity index (χ0v) is 13.6. The lowest BCUT2D eigenvalue weighted by Gasteiger charge is -2.36. The van der Waals surface area contributed by atoms with Crippen molar-refractivity contribution in [1.82, 2.24) is 0 Å². The summed E-state index contributed by atoms with van der Waals surface area (Å²) in [5, 5.41) is 8.65. The number of carbonyl (C=O) groups excluding carboxylic acids is 2. The molecule has 5 nitrogen and oxygen atoms in total. The Morgan fingerprint density at radius 1 is 1.29 bits per heavy atom. The Kier molecular flexibility index (Phi) is 7.33. The molecule has 120 valence electrons. The van der Waals surface area contributed by atoms with Gasteiger partial charge < -0.3 is 9.84 Å². The molecular formula is C16H26O5. The highest BCUT2D eigenvalue weighted by molar-refractivity contribution is 5.95. The van der Waals surface area contributed by atoms with Gasteiger partial charge in [-0.2, -0.15) is 0 Å². The van der Waals surface area contributed by atoms with Gasteiger partial charge in [0.05, 0.1) is 0 Å². The first-order chi connectivity index (χ1) is 9.51. The van der Waals surface area contributed by atoms with Gasteiger partial charge in [0.1, 0.15) is 18.3 Å². The molecule has 0 rings (SSSR count). The summed E-state index contributed by atoms with van der Waals surface area (Å²) in [5.41, 5.74) is -0.122. The molecule has 0 aromatic heterocycles. The van der Waals surface area contributed by atoms with Crippen LogP contribution in [-0.4, -0.2) is 28.9 Å². The van der Waals surface area contributed by atoms with Crippen molar-refractivity contribution in [1.29, 1.82) is 0 Å². The summed E-state index contributed by atoms with van der Waals surface area (Å²) in [4.78, 5) is 33.9. The number of hydrogen-bond acceptors (Lipinski definition) is 4. The van der Waals surface area contributed by atoms with Gasteiger partial charge in [0, 0.05) is 12.0 Å². The van der Waals surface area contributed by atoms with Crippen LogP contribution in [0.15, 0.2) is 12.2 Å². The van der Waals surface area contributed by atoms with Crippen molar-refractivity contribution >= 4 is 17.7 Å². The fourth-order valence-electron chi connectivity index (χ4n) is 2.18. The third kappa shape index (κ3) is 6.56. The lowest BCUT2D eigenvalue weighted by molar-refractivity contribution is -0.149. The predicted molar refractivity (Wildman–Crippen MR) is 79.8 cm³/mol. The minimum absolute atomic E-state index is 0.0801. The molecule has 0 radical (unpaired) electrons. The summed E-state index contributed by atoms with van der Waals surface area (Å²) in [7, 11) is 0. The fourth-order valence-corrected chi connectivity index (χ4v) is 2.18. The molecule has 0 amide bonds. The number of carboxylic acids is 1. The first-order valence-electron chi connectivity index (χ1n) is 7.11. The smallest absolute Gasteiger partial charge is 0.333 e. The average molecular weight is 298 g/mol. The Hall–Kier alpha value is -1.65. The van der Waals surface area contributed by atoms with Gasteiger partial charge in [-0.25, -0.2) is 4.79 Å². The second kappa shape index (κ2) is 7.96. The maximum absolute atomic E-state index is 11.7. The quantitative estimate of drug-likeness (QED) is 0.402. The Balaban J connectivity index is 4.86. The first kappa shape index (κ1) is 19.4. The first-order valence-corrected chi connectivity index (χ1v) is 7.11. The van der Waals surface area contributed by atoms with Gasteiger partial charge >= 0.3 is 11.9 Å². The molecule has 0 saturated heterocycles. The van der Waals surface area contributed by atoms with Gasteiger partial charge in [-0.3, -0.25) is 9.59 Å². The van der Waals surface area contributed by atoms with Gasteiger partial charge in [0.25, 0.3) is 0 Å². The highest BCUT2D eigenvalue weighted by Crippen LogP contribution is 2.35. The van der Waals surface area contributed by atoms with Crippen molar-refractivity contribution in [2.75, 3.05) is 0 Å². The molecule has 0 saturated carbocycles. The van der Waals surface area contributed by atoms with Gasteiger partial charge in [-0.05, 0) is 24.7 Å². The standard InChI is InChI=1S/C16H26O5/c1-7-13(21-15(20)10(2)3)11(4)16(5,6)9-12(17)8-14(18)19/h11,13H,2,7-9H2,1,3-6H3,(H,18,19). The predicted octanol–water partition coefficient (Wildman–Crippen LogP) is 2.98. The van der Waals surface area contributed by atoms with E-state index in [1.807, 2.05) is 27.7 Å². The molecule has 21 heavy (non-hydrogen) atoms. The maximum atomic E-state index is 11.7. The number of hydrogen-bond donors (Lipinski definition) is 1. The van der Waals surface area contributed by atoms with E-state index < -0.39 is 23.8 Å². The van der Waals surface area contributed by atoms with Crippen molar-refractivity contribution in [3.63, 3.8) is 0 Å². The average Bonchev–Trinajstić information content (AvgIpc) is 2.32. The van der Waals surface area contributed by atoms with E-state index in [0.29, 0.717) is 12.0 Å². The molecule has 2 atom stereocenters. The summed E-state index contributed by atoms with van der Waals surface area (Å²) in [6.45, 7) is 12.7. The lowest BCUT2D eigenvalue weighted by Crippen LogP contribution is -2.36. The number of ketones is 1. The minimum atomic E-state index is -1.12. The molecule has 0 fully saturated rings. The van der Waals surface area contributed by atoms with Crippen LogP contribution in [0, 0.1) is 11.3 Å². The van der Waals surface area contributed by atoms with Gasteiger partial charge in [-0.15, -0.1) is 0 Å². The van der Waals surface area contributed by atoms with Crippen LogP contribution in [-0.2, 0) is 19.1 Å².